The van der Waals surface area contributed by atoms with Gasteiger partial charge >= 0.3 is 0 Å². The third-order valence-electron chi connectivity index (χ3n) is 2.95. The van der Waals surface area contributed by atoms with Gasteiger partial charge < -0.3 is 10.6 Å². The van der Waals surface area contributed by atoms with Crippen molar-refractivity contribution in [2.45, 2.75) is 23.1 Å². The molecule has 3 N–H and O–H groups in total. The fourth-order valence-electron chi connectivity index (χ4n) is 1.62. The Morgan fingerprint density at radius 3 is 2.85 bits per heavy atom. The number of nitrogens with zero attached hydrogens (tertiary/aromatic N) is 2. The molecule has 0 amide bonds. The predicted octanol–water partition coefficient (Wildman–Crippen LogP) is 1.09. The minimum atomic E-state index is -3.50. The van der Waals surface area contributed by atoms with E-state index >= 15 is 0 Å². The third-order valence-corrected chi connectivity index (χ3v) is 6.13. The second kappa shape index (κ2) is 6.30. The molecule has 0 saturated heterocycles. The molecule has 1 aromatic rings. The normalized spacial score (nSPS) is 16.4. The fourth-order valence-corrected chi connectivity index (χ4v) is 4.17. The van der Waals surface area contributed by atoms with Gasteiger partial charge in [0.1, 0.15) is 4.21 Å². The van der Waals surface area contributed by atoms with E-state index in [-0.39, 0.29) is 10.8 Å². The Kier molecular flexibility index (Phi) is 4.90. The number of hydrogen-bond acceptors (Lipinski definition) is 4. The number of guanidine groups is 1. The molecular weight excluding hydrogens is 320 g/mol. The molecule has 20 heavy (non-hydrogen) atoms. The van der Waals surface area contributed by atoms with Gasteiger partial charge in [-0.15, -0.1) is 11.3 Å². The molecule has 0 aromatic carbocycles. The van der Waals surface area contributed by atoms with Crippen molar-refractivity contribution < 1.29 is 8.42 Å². The smallest absolute Gasteiger partial charge is 0.250 e. The van der Waals surface area contributed by atoms with Crippen molar-refractivity contribution in [1.82, 2.24) is 9.62 Å². The number of rotatable bonds is 6. The fraction of sp³-hybridized carbons (Fsp3) is 0.545. The second-order valence-corrected chi connectivity index (χ2v) is 8.25. The Bertz CT molecular complexity index is 595. The lowest BCUT2D eigenvalue weighted by Gasteiger charge is -2.16. The van der Waals surface area contributed by atoms with Crippen LogP contribution >= 0.6 is 22.9 Å². The summed E-state index contributed by atoms with van der Waals surface area (Å²) in [5.41, 5.74) is 5.81. The van der Waals surface area contributed by atoms with Crippen molar-refractivity contribution in [3.63, 3.8) is 0 Å². The molecule has 0 unspecified atom stereocenters. The zero-order valence-corrected chi connectivity index (χ0v) is 13.4. The van der Waals surface area contributed by atoms with E-state index in [1.54, 1.807) is 6.07 Å². The molecule has 1 saturated carbocycles. The van der Waals surface area contributed by atoms with Crippen LogP contribution in [0.25, 0.3) is 0 Å². The van der Waals surface area contributed by atoms with E-state index < -0.39 is 10.0 Å². The van der Waals surface area contributed by atoms with Gasteiger partial charge in [0.25, 0.3) is 0 Å². The first kappa shape index (κ1) is 15.6. The maximum Gasteiger partial charge on any atom is 0.250 e. The van der Waals surface area contributed by atoms with Crippen LogP contribution in [0.15, 0.2) is 21.3 Å². The lowest BCUT2D eigenvalue weighted by Crippen LogP contribution is -2.36. The van der Waals surface area contributed by atoms with Gasteiger partial charge in [0.15, 0.2) is 5.96 Å². The zero-order valence-electron chi connectivity index (χ0n) is 11.0. The van der Waals surface area contributed by atoms with Crippen LogP contribution in [0.3, 0.4) is 0 Å². The molecule has 0 spiro atoms. The Balaban J connectivity index is 1.82. The molecule has 0 aliphatic heterocycles. The van der Waals surface area contributed by atoms with E-state index in [0.717, 1.165) is 24.2 Å². The molecule has 0 atom stereocenters. The predicted molar refractivity (Wildman–Crippen MR) is 81.8 cm³/mol. The molecule has 0 radical (unpaired) electrons. The molecule has 112 valence electrons. The first-order valence-electron chi connectivity index (χ1n) is 6.18. The molecule has 1 aliphatic rings. The highest BCUT2D eigenvalue weighted by molar-refractivity contribution is 7.91. The highest BCUT2D eigenvalue weighted by atomic mass is 35.5. The summed E-state index contributed by atoms with van der Waals surface area (Å²) < 4.78 is 26.9. The average molecular weight is 337 g/mol. The average Bonchev–Trinajstić information content (AvgIpc) is 3.15. The van der Waals surface area contributed by atoms with Crippen molar-refractivity contribution in [3.05, 3.63) is 16.5 Å². The molecule has 1 heterocycles. The van der Waals surface area contributed by atoms with E-state index in [2.05, 4.69) is 9.71 Å². The van der Waals surface area contributed by atoms with Crippen LogP contribution in [0.1, 0.15) is 12.8 Å². The van der Waals surface area contributed by atoms with E-state index in [0.29, 0.717) is 22.9 Å². The summed E-state index contributed by atoms with van der Waals surface area (Å²) in [6.45, 7) is 0.512. The maximum absolute atomic E-state index is 11.9. The van der Waals surface area contributed by atoms with Crippen LogP contribution in [0.4, 0.5) is 0 Å². The lowest BCUT2D eigenvalue weighted by molar-refractivity contribution is 0.487. The van der Waals surface area contributed by atoms with Gasteiger partial charge in [-0.25, -0.2) is 13.1 Å². The van der Waals surface area contributed by atoms with E-state index in [1.165, 1.54) is 6.07 Å². The van der Waals surface area contributed by atoms with Gasteiger partial charge in [0, 0.05) is 19.6 Å². The summed E-state index contributed by atoms with van der Waals surface area (Å²) >= 11 is 6.74. The molecule has 1 aliphatic carbocycles. The van der Waals surface area contributed by atoms with Crippen molar-refractivity contribution in [2.24, 2.45) is 10.7 Å². The van der Waals surface area contributed by atoms with Gasteiger partial charge in [0.2, 0.25) is 10.0 Å². The minimum absolute atomic E-state index is 0.203. The SMILES string of the molecule is CN(C(N)=NCCNS(=O)(=O)c1ccc(Cl)s1)C1CC1. The number of halogens is 1. The summed E-state index contributed by atoms with van der Waals surface area (Å²) in [7, 11) is -1.60. The topological polar surface area (TPSA) is 87.8 Å². The molecule has 9 heteroatoms. The van der Waals surface area contributed by atoms with Crippen LogP contribution in [0, 0.1) is 0 Å². The van der Waals surface area contributed by atoms with E-state index in [4.69, 9.17) is 17.3 Å². The first-order chi connectivity index (χ1) is 9.40. The number of thiophene rings is 1. The second-order valence-electron chi connectivity index (χ2n) is 4.54. The van der Waals surface area contributed by atoms with Crippen LogP contribution in [-0.2, 0) is 10.0 Å². The van der Waals surface area contributed by atoms with Gasteiger partial charge in [-0.2, -0.15) is 0 Å². The maximum atomic E-state index is 11.9. The Hall–Kier alpha value is -0.830. The van der Waals surface area contributed by atoms with Crippen LogP contribution in [0.2, 0.25) is 4.34 Å². The standard InChI is InChI=1S/C11H17ClN4O2S2/c1-16(8-2-3-8)11(13)14-6-7-15-20(17,18)10-5-4-9(12)19-10/h4-5,8,15H,2-3,6-7H2,1H3,(H2,13,14). The van der Waals surface area contributed by atoms with Gasteiger partial charge in [-0.3, -0.25) is 4.99 Å². The summed E-state index contributed by atoms with van der Waals surface area (Å²) in [5, 5.41) is 0. The molecule has 6 nitrogen and oxygen atoms in total. The van der Waals surface area contributed by atoms with Gasteiger partial charge in [-0.1, -0.05) is 11.6 Å². The van der Waals surface area contributed by atoms with E-state index in [1.807, 2.05) is 11.9 Å². The van der Waals surface area contributed by atoms with Crippen molar-refractivity contribution in [1.29, 1.82) is 0 Å². The largest absolute Gasteiger partial charge is 0.370 e. The molecule has 1 fully saturated rings. The number of nitrogens with one attached hydrogen (secondary N) is 1. The van der Waals surface area contributed by atoms with Gasteiger partial charge in [0.05, 0.1) is 10.9 Å². The summed E-state index contributed by atoms with van der Waals surface area (Å²) in [6, 6.07) is 3.53. The van der Waals surface area contributed by atoms with E-state index in [9.17, 15) is 8.42 Å². The number of sulfonamides is 1. The summed E-state index contributed by atoms with van der Waals surface area (Å²) in [5.74, 6) is 0.450. The lowest BCUT2D eigenvalue weighted by atomic mass is 10.6. The van der Waals surface area contributed by atoms with Crippen molar-refractivity contribution in [3.8, 4) is 0 Å². The molecule has 1 aromatic heterocycles. The van der Waals surface area contributed by atoms with Crippen LogP contribution < -0.4 is 10.5 Å². The summed E-state index contributed by atoms with van der Waals surface area (Å²) in [4.78, 5) is 6.08. The van der Waals surface area contributed by atoms with Crippen LogP contribution in [0.5, 0.6) is 0 Å². The Labute approximate surface area is 127 Å². The number of aliphatic imine (C=N–C) groups is 1. The monoisotopic (exact) mass is 336 g/mol. The summed E-state index contributed by atoms with van der Waals surface area (Å²) in [6.07, 6.45) is 2.27. The number of nitrogens with two attached hydrogens (primary N) is 1. The molecular formula is C11H17ClN4O2S2. The van der Waals surface area contributed by atoms with Crippen LogP contribution in [-0.4, -0.2) is 45.5 Å². The Morgan fingerprint density at radius 2 is 2.30 bits per heavy atom. The third kappa shape index (κ3) is 4.08. The highest BCUT2D eigenvalue weighted by Gasteiger charge is 2.27. The highest BCUT2D eigenvalue weighted by Crippen LogP contribution is 2.25. The number of hydrogen-bond donors (Lipinski definition) is 2. The first-order valence-corrected chi connectivity index (χ1v) is 8.85. The van der Waals surface area contributed by atoms with Crippen molar-refractivity contribution in [2.75, 3.05) is 20.1 Å². The molecule has 0 bridgehead atoms. The quantitative estimate of drug-likeness (QED) is 0.462. The van der Waals surface area contributed by atoms with Gasteiger partial charge in [-0.05, 0) is 25.0 Å². The minimum Gasteiger partial charge on any atom is -0.370 e. The Morgan fingerprint density at radius 1 is 1.60 bits per heavy atom. The zero-order chi connectivity index (χ0) is 14.8. The van der Waals surface area contributed by atoms with Crippen molar-refractivity contribution >= 4 is 38.9 Å². The molecule has 2 rings (SSSR count).